The number of nitrogens with one attached hydrogen (secondary N) is 2. The molecule has 1 rings (SSSR count). The molecule has 0 aliphatic heterocycles. The van der Waals surface area contributed by atoms with Crippen LogP contribution in [0.3, 0.4) is 0 Å². The number of amides is 1. The quantitative estimate of drug-likeness (QED) is 0.465. The van der Waals surface area contributed by atoms with E-state index in [9.17, 15) is 4.79 Å². The van der Waals surface area contributed by atoms with Crippen LogP contribution in [0.25, 0.3) is 0 Å². The fourth-order valence-electron chi connectivity index (χ4n) is 1.48. The van der Waals surface area contributed by atoms with Gasteiger partial charge in [-0.3, -0.25) is 4.79 Å². The zero-order valence-electron chi connectivity index (χ0n) is 11.9. The molecule has 0 aliphatic rings. The number of rotatable bonds is 5. The number of carbonyl (C=O) groups is 1. The molecule has 0 spiro atoms. The van der Waals surface area contributed by atoms with Crippen molar-refractivity contribution in [3.05, 3.63) is 35.9 Å². The molecule has 5 heteroatoms. The van der Waals surface area contributed by atoms with Gasteiger partial charge in [0.15, 0.2) is 5.96 Å². The highest BCUT2D eigenvalue weighted by Gasteiger charge is 2.04. The summed E-state index contributed by atoms with van der Waals surface area (Å²) in [6.07, 6.45) is 5.08. The van der Waals surface area contributed by atoms with Crippen LogP contribution < -0.4 is 10.6 Å². The monoisotopic (exact) mass is 272 g/mol. The smallest absolute Gasteiger partial charge is 0.240 e. The van der Waals surface area contributed by atoms with Crippen molar-refractivity contribution >= 4 is 11.9 Å². The van der Waals surface area contributed by atoms with E-state index in [2.05, 4.69) is 21.5 Å². The standard InChI is InChI=1S/C15H20N4O/c1-4-10-16-14(20)12-18-15(19(2)3)17-11-13-8-6-5-7-9-13/h1,5-9H,10-12H2,2-3H3,(H,16,20)(H,17,18). The van der Waals surface area contributed by atoms with Crippen molar-refractivity contribution < 1.29 is 4.79 Å². The lowest BCUT2D eigenvalue weighted by Gasteiger charge is -2.17. The lowest BCUT2D eigenvalue weighted by Crippen LogP contribution is -2.42. The van der Waals surface area contributed by atoms with Crippen molar-refractivity contribution in [3.8, 4) is 12.3 Å². The highest BCUT2D eigenvalue weighted by atomic mass is 16.1. The van der Waals surface area contributed by atoms with Gasteiger partial charge in [-0.2, -0.15) is 0 Å². The van der Waals surface area contributed by atoms with E-state index in [1.807, 2.05) is 49.3 Å². The van der Waals surface area contributed by atoms with E-state index in [4.69, 9.17) is 6.42 Å². The normalized spacial score (nSPS) is 10.6. The van der Waals surface area contributed by atoms with Crippen LogP contribution in [0.5, 0.6) is 0 Å². The van der Waals surface area contributed by atoms with Crippen LogP contribution in [0.15, 0.2) is 35.3 Å². The van der Waals surface area contributed by atoms with Crippen molar-refractivity contribution in [2.75, 3.05) is 27.2 Å². The summed E-state index contributed by atoms with van der Waals surface area (Å²) < 4.78 is 0. The molecule has 0 unspecified atom stereocenters. The minimum absolute atomic E-state index is 0.146. The van der Waals surface area contributed by atoms with Crippen LogP contribution in [-0.2, 0) is 11.3 Å². The van der Waals surface area contributed by atoms with E-state index in [-0.39, 0.29) is 19.0 Å². The SMILES string of the molecule is C#CCNC(=O)CNC(=NCc1ccccc1)N(C)C. The Morgan fingerprint density at radius 3 is 2.60 bits per heavy atom. The molecular formula is C15H20N4O. The van der Waals surface area contributed by atoms with Gasteiger partial charge in [0.1, 0.15) is 0 Å². The molecule has 5 nitrogen and oxygen atoms in total. The maximum absolute atomic E-state index is 11.5. The fraction of sp³-hybridized carbons (Fsp3) is 0.333. The summed E-state index contributed by atoms with van der Waals surface area (Å²) in [6, 6.07) is 9.93. The van der Waals surface area contributed by atoms with Gasteiger partial charge in [0.25, 0.3) is 0 Å². The van der Waals surface area contributed by atoms with Crippen LogP contribution in [0.1, 0.15) is 5.56 Å². The first-order valence-corrected chi connectivity index (χ1v) is 6.33. The van der Waals surface area contributed by atoms with Crippen molar-refractivity contribution in [2.24, 2.45) is 4.99 Å². The van der Waals surface area contributed by atoms with Crippen LogP contribution in [0.4, 0.5) is 0 Å². The molecule has 0 aromatic heterocycles. The predicted molar refractivity (Wildman–Crippen MR) is 81.1 cm³/mol. The van der Waals surface area contributed by atoms with E-state index >= 15 is 0 Å². The summed E-state index contributed by atoms with van der Waals surface area (Å²) in [5.41, 5.74) is 1.12. The zero-order chi connectivity index (χ0) is 14.8. The second-order valence-corrected chi connectivity index (χ2v) is 4.35. The molecule has 1 amide bonds. The Balaban J connectivity index is 2.52. The van der Waals surface area contributed by atoms with Crippen molar-refractivity contribution in [1.82, 2.24) is 15.5 Å². The summed E-state index contributed by atoms with van der Waals surface area (Å²) in [7, 11) is 3.74. The first-order valence-electron chi connectivity index (χ1n) is 6.33. The van der Waals surface area contributed by atoms with Gasteiger partial charge < -0.3 is 15.5 Å². The second-order valence-electron chi connectivity index (χ2n) is 4.35. The van der Waals surface area contributed by atoms with Gasteiger partial charge in [0, 0.05) is 14.1 Å². The molecule has 0 fully saturated rings. The number of guanidine groups is 1. The van der Waals surface area contributed by atoms with E-state index in [1.165, 1.54) is 0 Å². The van der Waals surface area contributed by atoms with Crippen molar-refractivity contribution in [2.45, 2.75) is 6.54 Å². The van der Waals surface area contributed by atoms with E-state index in [0.717, 1.165) is 5.56 Å². The number of carbonyl (C=O) groups excluding carboxylic acids is 1. The molecule has 1 aromatic carbocycles. The Hall–Kier alpha value is -2.48. The lowest BCUT2D eigenvalue weighted by molar-refractivity contribution is -0.119. The van der Waals surface area contributed by atoms with E-state index < -0.39 is 0 Å². The first kappa shape index (κ1) is 15.6. The van der Waals surface area contributed by atoms with E-state index in [0.29, 0.717) is 12.5 Å². The van der Waals surface area contributed by atoms with E-state index in [1.54, 1.807) is 0 Å². The molecule has 2 N–H and O–H groups in total. The Morgan fingerprint density at radius 2 is 2.00 bits per heavy atom. The van der Waals surface area contributed by atoms with Gasteiger partial charge in [-0.05, 0) is 5.56 Å². The molecule has 0 saturated heterocycles. The number of aliphatic imine (C=N–C) groups is 1. The molecule has 1 aromatic rings. The van der Waals surface area contributed by atoms with Crippen molar-refractivity contribution in [3.63, 3.8) is 0 Å². The zero-order valence-corrected chi connectivity index (χ0v) is 11.9. The average Bonchev–Trinajstić information content (AvgIpc) is 2.45. The van der Waals surface area contributed by atoms with Crippen LogP contribution >= 0.6 is 0 Å². The molecule has 0 saturated carbocycles. The maximum Gasteiger partial charge on any atom is 0.240 e. The summed E-state index contributed by atoms with van der Waals surface area (Å²) in [5.74, 6) is 2.86. The molecule has 0 radical (unpaired) electrons. The van der Waals surface area contributed by atoms with Crippen LogP contribution in [-0.4, -0.2) is 44.0 Å². The topological polar surface area (TPSA) is 56.7 Å². The molecule has 0 atom stereocenters. The van der Waals surface area contributed by atoms with Gasteiger partial charge in [0.2, 0.25) is 5.91 Å². The highest BCUT2D eigenvalue weighted by Crippen LogP contribution is 2.00. The summed E-state index contributed by atoms with van der Waals surface area (Å²) in [4.78, 5) is 17.7. The van der Waals surface area contributed by atoms with Gasteiger partial charge in [-0.1, -0.05) is 36.3 Å². The number of terminal acetylenes is 1. The molecule has 0 aliphatic carbocycles. The molecule has 0 heterocycles. The van der Waals surface area contributed by atoms with Crippen LogP contribution in [0.2, 0.25) is 0 Å². The Labute approximate surface area is 120 Å². The summed E-state index contributed by atoms with van der Waals surface area (Å²) in [5, 5.41) is 5.58. The van der Waals surface area contributed by atoms with Gasteiger partial charge >= 0.3 is 0 Å². The number of nitrogens with zero attached hydrogens (tertiary/aromatic N) is 2. The third kappa shape index (κ3) is 5.91. The Kier molecular flexibility index (Phi) is 6.69. The molecular weight excluding hydrogens is 252 g/mol. The summed E-state index contributed by atoms with van der Waals surface area (Å²) in [6.45, 7) is 0.944. The van der Waals surface area contributed by atoms with Gasteiger partial charge in [0.05, 0.1) is 19.6 Å². The summed E-state index contributed by atoms with van der Waals surface area (Å²) >= 11 is 0. The van der Waals surface area contributed by atoms with Gasteiger partial charge in [-0.25, -0.2) is 4.99 Å². The third-order valence-corrected chi connectivity index (χ3v) is 2.47. The average molecular weight is 272 g/mol. The largest absolute Gasteiger partial charge is 0.349 e. The number of hydrogen-bond donors (Lipinski definition) is 2. The highest BCUT2D eigenvalue weighted by molar-refractivity contribution is 5.86. The predicted octanol–water partition coefficient (Wildman–Crippen LogP) is 0.443. The third-order valence-electron chi connectivity index (χ3n) is 2.47. The maximum atomic E-state index is 11.5. The Morgan fingerprint density at radius 1 is 1.30 bits per heavy atom. The minimum Gasteiger partial charge on any atom is -0.349 e. The molecule has 106 valence electrons. The Bertz CT molecular complexity index is 488. The lowest BCUT2D eigenvalue weighted by atomic mass is 10.2. The molecule has 0 bridgehead atoms. The van der Waals surface area contributed by atoms with Crippen LogP contribution in [0, 0.1) is 12.3 Å². The van der Waals surface area contributed by atoms with Gasteiger partial charge in [-0.15, -0.1) is 6.42 Å². The second kappa shape index (κ2) is 8.59. The van der Waals surface area contributed by atoms with Crippen molar-refractivity contribution in [1.29, 1.82) is 0 Å². The first-order chi connectivity index (χ1) is 9.63. The minimum atomic E-state index is -0.155. The fourth-order valence-corrected chi connectivity index (χ4v) is 1.48. The molecule has 20 heavy (non-hydrogen) atoms. The number of benzene rings is 1. The number of hydrogen-bond acceptors (Lipinski definition) is 2.